The number of likely N-dealkylation sites (N-methyl/N-ethyl adjacent to an activating group) is 4. The lowest BCUT2D eigenvalue weighted by Crippen LogP contribution is -2.55. The summed E-state index contributed by atoms with van der Waals surface area (Å²) in [5.74, 6) is -6.29. The first kappa shape index (κ1) is 60.8. The van der Waals surface area contributed by atoms with Crippen molar-refractivity contribution in [1.82, 2.24) is 19.6 Å². The smallest absolute Gasteiger partial charge is 0.329 e. The molecule has 0 radical (unpaired) electrons. The average Bonchev–Trinajstić information content (AvgIpc) is 3.89. The number of hydrogen-bond donors (Lipinski definition) is 0. The number of amides is 4. The molecule has 0 spiro atoms. The van der Waals surface area contributed by atoms with Gasteiger partial charge in [0.05, 0.1) is 6.26 Å². The molecule has 0 saturated carbocycles. The van der Waals surface area contributed by atoms with Gasteiger partial charge < -0.3 is 47.7 Å². The monoisotopic (exact) mass is 1040 g/mol. The third-order valence-corrected chi connectivity index (χ3v) is 13.0. The van der Waals surface area contributed by atoms with Crippen LogP contribution < -0.4 is 4.74 Å². The fourth-order valence-corrected chi connectivity index (χ4v) is 8.79. The molecule has 0 N–H and O–H groups in total. The summed E-state index contributed by atoms with van der Waals surface area (Å²) in [4.78, 5) is 121. The predicted molar refractivity (Wildman–Crippen MR) is 278 cm³/mol. The van der Waals surface area contributed by atoms with Gasteiger partial charge in [0.15, 0.2) is 24.4 Å². The van der Waals surface area contributed by atoms with Crippen molar-refractivity contribution < 1.29 is 66.5 Å². The Labute approximate surface area is 442 Å². The molecule has 1 fully saturated rings. The molecule has 412 valence electrons. The van der Waals surface area contributed by atoms with E-state index < -0.39 is 96.1 Å². The third kappa shape index (κ3) is 17.7. The zero-order valence-corrected chi connectivity index (χ0v) is 46.3. The minimum Gasteiger partial charge on any atom is -0.486 e. The summed E-state index contributed by atoms with van der Waals surface area (Å²) in [6.45, 7) is 17.6. The molecule has 4 rings (SSSR count). The van der Waals surface area contributed by atoms with E-state index in [9.17, 15) is 38.4 Å². The van der Waals surface area contributed by atoms with E-state index in [1.54, 1.807) is 66.7 Å². The van der Waals surface area contributed by atoms with Crippen molar-refractivity contribution in [3.63, 3.8) is 0 Å². The standard InChI is InChI=1S/C57H80N4O14/c1-34(2)27-44-54(66)72-39(10)51(63)59(12)47(30-37(7)8)57(69)75-49(32-41-22-24-42(25-23-41)71-33-43-21-18-26-70-43)53(65)61(14)45(28-35(3)4)55(67)73-38(9)50(62)58(11)46(29-36(5)6)56(68)74-48(52(64)60(44)13)31-40-19-16-15-17-20-40/h15-26,34-39,44-49H,27-33H2,1-14H3/t38-,39-,44+,45+,46-,47+,48-,49-/m1/s1. The van der Waals surface area contributed by atoms with Crippen LogP contribution in [0.1, 0.15) is 112 Å². The van der Waals surface area contributed by atoms with Crippen molar-refractivity contribution in [3.8, 4) is 5.75 Å². The van der Waals surface area contributed by atoms with Crippen LogP contribution in [0.15, 0.2) is 77.4 Å². The van der Waals surface area contributed by atoms with Gasteiger partial charge in [-0.1, -0.05) is 97.9 Å². The first-order chi connectivity index (χ1) is 35.3. The molecule has 18 nitrogen and oxygen atoms in total. The number of carbonyl (C=O) groups is 8. The molecule has 2 aromatic carbocycles. The Hall–Kier alpha value is -6.72. The lowest BCUT2D eigenvalue weighted by molar-refractivity contribution is -0.176. The highest BCUT2D eigenvalue weighted by Gasteiger charge is 2.43. The lowest BCUT2D eigenvalue weighted by Gasteiger charge is -2.35. The van der Waals surface area contributed by atoms with Crippen LogP contribution in [-0.4, -0.2) is 144 Å². The topological polar surface area (TPSA) is 209 Å². The van der Waals surface area contributed by atoms with Gasteiger partial charge in [-0.05, 0) is 98.6 Å². The summed E-state index contributed by atoms with van der Waals surface area (Å²) in [5, 5.41) is 0. The Kier molecular flexibility index (Phi) is 22.9. The highest BCUT2D eigenvalue weighted by Crippen LogP contribution is 2.25. The fourth-order valence-electron chi connectivity index (χ4n) is 8.79. The van der Waals surface area contributed by atoms with Crippen molar-refractivity contribution in [1.29, 1.82) is 0 Å². The maximum absolute atomic E-state index is 14.9. The maximum Gasteiger partial charge on any atom is 0.329 e. The second-order valence-corrected chi connectivity index (χ2v) is 21.3. The minimum absolute atomic E-state index is 0.0790. The van der Waals surface area contributed by atoms with Gasteiger partial charge in [0, 0.05) is 41.0 Å². The molecule has 1 saturated heterocycles. The van der Waals surface area contributed by atoms with E-state index in [2.05, 4.69) is 0 Å². The van der Waals surface area contributed by atoms with Crippen LogP contribution in [0.3, 0.4) is 0 Å². The molecule has 0 aliphatic carbocycles. The van der Waals surface area contributed by atoms with Gasteiger partial charge >= 0.3 is 23.9 Å². The van der Waals surface area contributed by atoms with Crippen molar-refractivity contribution >= 4 is 47.5 Å². The van der Waals surface area contributed by atoms with Crippen LogP contribution in [-0.2, 0) is 76.8 Å². The van der Waals surface area contributed by atoms with Crippen LogP contribution in [0.25, 0.3) is 0 Å². The van der Waals surface area contributed by atoms with Gasteiger partial charge in [0.25, 0.3) is 23.6 Å². The molecule has 2 heterocycles. The van der Waals surface area contributed by atoms with Crippen LogP contribution in [0.5, 0.6) is 5.75 Å². The van der Waals surface area contributed by atoms with E-state index in [4.69, 9.17) is 28.1 Å². The first-order valence-corrected chi connectivity index (χ1v) is 26.0. The maximum atomic E-state index is 14.9. The van der Waals surface area contributed by atoms with E-state index in [0.29, 0.717) is 22.6 Å². The van der Waals surface area contributed by atoms with Crippen molar-refractivity contribution in [2.24, 2.45) is 23.7 Å². The molecular weight excluding hydrogens is 965 g/mol. The Bertz CT molecular complexity index is 2350. The average molecular weight is 1050 g/mol. The quantitative estimate of drug-likeness (QED) is 0.113. The Balaban J connectivity index is 1.84. The number of carbonyl (C=O) groups excluding carboxylic acids is 8. The van der Waals surface area contributed by atoms with Gasteiger partial charge in [-0.25, -0.2) is 19.2 Å². The van der Waals surface area contributed by atoms with Gasteiger partial charge in [0.2, 0.25) is 0 Å². The van der Waals surface area contributed by atoms with E-state index in [1.165, 1.54) is 48.3 Å². The van der Waals surface area contributed by atoms with E-state index in [-0.39, 0.29) is 68.8 Å². The molecule has 18 heteroatoms. The first-order valence-electron chi connectivity index (χ1n) is 26.0. The summed E-state index contributed by atoms with van der Waals surface area (Å²) in [6, 6.07) is 14.0. The van der Waals surface area contributed by atoms with Crippen molar-refractivity contribution in [2.75, 3.05) is 28.2 Å². The summed E-state index contributed by atoms with van der Waals surface area (Å²) in [6.07, 6.45) is -4.36. The minimum atomic E-state index is -1.55. The third-order valence-electron chi connectivity index (χ3n) is 13.0. The SMILES string of the molecule is CC(C)C[C@@H]1C(=O)O[C@H](Cc2ccccc2)C(=O)N(C)[C@@H](CC(C)C)C(=O)O[C@H](C)C(=O)N(C)[C@@H](CC(C)C)C(=O)O[C@H](Cc2ccc(OCc3ccco3)cc2)C(=O)N(C)[C@@H](CC(C)C)C(=O)O[C@H](C)C(=O)N1C. The van der Waals surface area contributed by atoms with E-state index in [1.807, 2.05) is 55.4 Å². The van der Waals surface area contributed by atoms with Gasteiger partial charge in [-0.15, -0.1) is 0 Å². The molecular formula is C57H80N4O14. The molecule has 75 heavy (non-hydrogen) atoms. The highest BCUT2D eigenvalue weighted by atomic mass is 16.6. The number of hydrogen-bond acceptors (Lipinski definition) is 14. The zero-order chi connectivity index (χ0) is 55.8. The Morgan fingerprint density at radius 3 is 1.13 bits per heavy atom. The lowest BCUT2D eigenvalue weighted by atomic mass is 10.00. The Morgan fingerprint density at radius 1 is 0.440 bits per heavy atom. The number of furan rings is 1. The number of rotatable bonds is 15. The second kappa shape index (κ2) is 28.3. The molecule has 1 aliphatic rings. The molecule has 3 aromatic rings. The van der Waals surface area contributed by atoms with Crippen molar-refractivity contribution in [2.45, 2.75) is 163 Å². The molecule has 0 unspecified atom stereocenters. The number of nitrogens with zero attached hydrogens (tertiary/aromatic N) is 4. The highest BCUT2D eigenvalue weighted by molar-refractivity contribution is 5.94. The summed E-state index contributed by atoms with van der Waals surface area (Å²) in [7, 11) is 5.53. The van der Waals surface area contributed by atoms with E-state index in [0.717, 1.165) is 19.6 Å². The van der Waals surface area contributed by atoms with Gasteiger partial charge in [-0.3, -0.25) is 19.2 Å². The van der Waals surface area contributed by atoms with Crippen LogP contribution in [0, 0.1) is 23.7 Å². The van der Waals surface area contributed by atoms with Crippen LogP contribution >= 0.6 is 0 Å². The molecule has 4 amide bonds. The van der Waals surface area contributed by atoms with Crippen LogP contribution in [0.4, 0.5) is 0 Å². The summed E-state index contributed by atoms with van der Waals surface area (Å²) in [5.41, 5.74) is 1.20. The number of esters is 4. The second-order valence-electron chi connectivity index (χ2n) is 21.3. The fraction of sp³-hybridized carbons (Fsp3) is 0.579. The largest absolute Gasteiger partial charge is 0.486 e. The van der Waals surface area contributed by atoms with Crippen LogP contribution in [0.2, 0.25) is 0 Å². The summed E-state index contributed by atoms with van der Waals surface area (Å²) >= 11 is 0. The number of ether oxygens (including phenoxy) is 5. The zero-order valence-electron chi connectivity index (χ0n) is 46.3. The van der Waals surface area contributed by atoms with Gasteiger partial charge in [-0.2, -0.15) is 0 Å². The Morgan fingerprint density at radius 2 is 0.787 bits per heavy atom. The predicted octanol–water partition coefficient (Wildman–Crippen LogP) is 6.84. The molecule has 1 aromatic heterocycles. The number of cyclic esters (lactones) is 4. The molecule has 8 atom stereocenters. The van der Waals surface area contributed by atoms with Gasteiger partial charge in [0.1, 0.15) is 42.3 Å². The molecule has 1 aliphatic heterocycles. The molecule has 0 bridgehead atoms. The summed E-state index contributed by atoms with van der Waals surface area (Å²) < 4.78 is 35.2. The van der Waals surface area contributed by atoms with Crippen molar-refractivity contribution in [3.05, 3.63) is 89.9 Å². The number of benzene rings is 2. The normalized spacial score (nSPS) is 23.9. The van der Waals surface area contributed by atoms with E-state index >= 15 is 0 Å².